The van der Waals surface area contributed by atoms with E-state index in [-0.39, 0.29) is 11.7 Å². The van der Waals surface area contributed by atoms with Crippen molar-refractivity contribution in [1.29, 1.82) is 0 Å². The Morgan fingerprint density at radius 2 is 1.90 bits per heavy atom. The Hall–Kier alpha value is -2.72. The second kappa shape index (κ2) is 8.97. The lowest BCUT2D eigenvalue weighted by Crippen LogP contribution is -2.33. The number of benzene rings is 1. The first-order valence-corrected chi connectivity index (χ1v) is 10.8. The molecule has 0 radical (unpaired) electrons. The highest BCUT2D eigenvalue weighted by Crippen LogP contribution is 2.27. The van der Waals surface area contributed by atoms with Gasteiger partial charge in [0.15, 0.2) is 17.3 Å². The first-order chi connectivity index (χ1) is 14.5. The molecule has 4 rings (SSSR count). The van der Waals surface area contributed by atoms with Crippen LogP contribution in [0.2, 0.25) is 0 Å². The number of amides is 1. The quantitative estimate of drug-likeness (QED) is 0.501. The molecule has 30 heavy (non-hydrogen) atoms. The van der Waals surface area contributed by atoms with Gasteiger partial charge in [-0.2, -0.15) is 0 Å². The van der Waals surface area contributed by atoms with E-state index in [1.807, 2.05) is 24.3 Å². The van der Waals surface area contributed by atoms with Crippen LogP contribution in [0.25, 0.3) is 0 Å². The molecule has 0 unspecified atom stereocenters. The molecule has 10 heteroatoms. The number of aromatic nitrogens is 2. The van der Waals surface area contributed by atoms with Crippen molar-refractivity contribution in [2.24, 2.45) is 5.73 Å². The summed E-state index contributed by atoms with van der Waals surface area (Å²) in [7, 11) is 0. The molecular weight excluding hydrogens is 450 g/mol. The smallest absolute Gasteiger partial charge is 0.271 e. The molecule has 1 amide bonds. The van der Waals surface area contributed by atoms with Crippen LogP contribution in [0.3, 0.4) is 0 Å². The topological polar surface area (TPSA) is 125 Å². The number of nitrogens with one attached hydrogen (secondary N) is 3. The number of ketones is 1. The minimum Gasteiger partial charge on any atom is -0.371 e. The highest BCUT2D eigenvalue weighted by Gasteiger charge is 2.21. The molecule has 1 aromatic carbocycles. The van der Waals surface area contributed by atoms with Gasteiger partial charge in [0.05, 0.1) is 0 Å². The maximum atomic E-state index is 11.9. The molecule has 1 aromatic heterocycles. The molecule has 5 N–H and O–H groups in total. The second-order valence-corrected chi connectivity index (χ2v) is 8.21. The van der Waals surface area contributed by atoms with Gasteiger partial charge < -0.3 is 26.6 Å². The predicted octanol–water partition coefficient (Wildman–Crippen LogP) is 2.02. The number of nitrogens with zero attached hydrogens (tertiary/aromatic N) is 3. The summed E-state index contributed by atoms with van der Waals surface area (Å²) in [6.07, 6.45) is 2.16. The van der Waals surface area contributed by atoms with Crippen molar-refractivity contribution in [3.05, 3.63) is 34.6 Å². The van der Waals surface area contributed by atoms with E-state index in [0.717, 1.165) is 44.0 Å². The van der Waals surface area contributed by atoms with Crippen LogP contribution in [0.4, 0.5) is 23.0 Å². The van der Waals surface area contributed by atoms with Crippen LogP contribution in [0.15, 0.2) is 28.9 Å². The van der Waals surface area contributed by atoms with E-state index in [1.54, 1.807) is 0 Å². The molecule has 158 valence electrons. The summed E-state index contributed by atoms with van der Waals surface area (Å²) in [5.41, 5.74) is 7.40. The van der Waals surface area contributed by atoms with Gasteiger partial charge in [0.25, 0.3) is 5.91 Å². The van der Waals surface area contributed by atoms with Gasteiger partial charge in [-0.15, -0.1) is 0 Å². The van der Waals surface area contributed by atoms with Crippen molar-refractivity contribution >= 4 is 50.6 Å². The molecule has 9 nitrogen and oxygen atoms in total. The van der Waals surface area contributed by atoms with Crippen LogP contribution in [0, 0.1) is 0 Å². The van der Waals surface area contributed by atoms with Crippen molar-refractivity contribution < 1.29 is 9.59 Å². The Bertz CT molecular complexity index is 935. The highest BCUT2D eigenvalue weighted by atomic mass is 79.9. The summed E-state index contributed by atoms with van der Waals surface area (Å²) in [6, 6.07) is 8.04. The van der Waals surface area contributed by atoms with Crippen molar-refractivity contribution in [3.8, 4) is 0 Å². The van der Waals surface area contributed by atoms with Crippen LogP contribution in [-0.2, 0) is 4.79 Å². The fourth-order valence-corrected chi connectivity index (χ4v) is 4.02. The standard InChI is InChI=1S/C20H24BrN7O2/c21-17-20(25-13-5-8-23-11-13)27-19(16(26-17)18(22)30)24-12-1-3-14(4-2-12)28-9-6-15(29)7-10-28/h1-4,13,23H,5-11H2,(H2,22,30)(H2,24,25,27)/t13-/m1/s1. The number of carbonyl (C=O) groups is 2. The summed E-state index contributed by atoms with van der Waals surface area (Å²) in [6.45, 7) is 3.27. The Morgan fingerprint density at radius 1 is 1.17 bits per heavy atom. The maximum absolute atomic E-state index is 11.9. The molecule has 2 fully saturated rings. The number of Topliss-reactive ketones (excluding diaryl/α,β-unsaturated/α-hetero) is 1. The molecule has 3 heterocycles. The van der Waals surface area contributed by atoms with Gasteiger partial charge in [-0.3, -0.25) is 9.59 Å². The average molecular weight is 474 g/mol. The van der Waals surface area contributed by atoms with E-state index in [1.165, 1.54) is 0 Å². The van der Waals surface area contributed by atoms with Crippen molar-refractivity contribution in [1.82, 2.24) is 15.3 Å². The second-order valence-electron chi connectivity index (χ2n) is 7.46. The SMILES string of the molecule is NC(=O)c1nc(Br)c(N[C@@H]2CCNC2)nc1Nc1ccc(N2CCC(=O)CC2)cc1. The monoisotopic (exact) mass is 473 g/mol. The number of hydrogen-bond acceptors (Lipinski definition) is 8. The molecule has 2 aromatic rings. The summed E-state index contributed by atoms with van der Waals surface area (Å²) in [4.78, 5) is 34.4. The summed E-state index contributed by atoms with van der Waals surface area (Å²) >= 11 is 3.38. The van der Waals surface area contributed by atoms with Crippen molar-refractivity contribution in [2.75, 3.05) is 41.7 Å². The Morgan fingerprint density at radius 3 is 2.53 bits per heavy atom. The summed E-state index contributed by atoms with van der Waals surface area (Å²) in [5.74, 6) is 0.519. The average Bonchev–Trinajstić information content (AvgIpc) is 3.24. The molecule has 2 aliphatic heterocycles. The Labute approximate surface area is 183 Å². The zero-order valence-electron chi connectivity index (χ0n) is 16.4. The molecule has 0 spiro atoms. The fourth-order valence-electron chi connectivity index (χ4n) is 3.64. The van der Waals surface area contributed by atoms with Crippen LogP contribution in [0.5, 0.6) is 0 Å². The number of primary amides is 1. The molecule has 2 aliphatic rings. The van der Waals surface area contributed by atoms with Gasteiger partial charge in [-0.25, -0.2) is 9.97 Å². The Balaban J connectivity index is 1.53. The van der Waals surface area contributed by atoms with Gasteiger partial charge in [0.2, 0.25) is 0 Å². The number of halogens is 1. The van der Waals surface area contributed by atoms with Gasteiger partial charge in [0, 0.05) is 49.9 Å². The number of hydrogen-bond donors (Lipinski definition) is 4. The molecule has 0 bridgehead atoms. The first kappa shape index (κ1) is 20.5. The third kappa shape index (κ3) is 4.71. The largest absolute Gasteiger partial charge is 0.371 e. The molecule has 1 atom stereocenters. The Kier molecular flexibility index (Phi) is 6.14. The van der Waals surface area contributed by atoms with E-state index in [0.29, 0.717) is 34.9 Å². The summed E-state index contributed by atoms with van der Waals surface area (Å²) in [5, 5.41) is 9.80. The minimum atomic E-state index is -0.658. The highest BCUT2D eigenvalue weighted by molar-refractivity contribution is 9.10. The summed E-state index contributed by atoms with van der Waals surface area (Å²) < 4.78 is 0.448. The number of nitrogens with two attached hydrogens (primary N) is 1. The normalized spacial score (nSPS) is 19.0. The number of piperidine rings is 1. The molecule has 0 aliphatic carbocycles. The number of anilines is 4. The van der Waals surface area contributed by atoms with Crippen molar-refractivity contribution in [2.45, 2.75) is 25.3 Å². The maximum Gasteiger partial charge on any atom is 0.271 e. The van der Waals surface area contributed by atoms with E-state index >= 15 is 0 Å². The van der Waals surface area contributed by atoms with E-state index in [4.69, 9.17) is 5.73 Å². The van der Waals surface area contributed by atoms with Gasteiger partial charge in [0.1, 0.15) is 10.4 Å². The lowest BCUT2D eigenvalue weighted by atomic mass is 10.1. The first-order valence-electron chi connectivity index (χ1n) is 9.98. The lowest BCUT2D eigenvalue weighted by Gasteiger charge is -2.28. The molecular formula is C20H24BrN7O2. The third-order valence-corrected chi connectivity index (χ3v) is 5.86. The number of rotatable bonds is 6. The van der Waals surface area contributed by atoms with Crippen LogP contribution in [0.1, 0.15) is 29.8 Å². The van der Waals surface area contributed by atoms with Crippen LogP contribution >= 0.6 is 15.9 Å². The lowest BCUT2D eigenvalue weighted by molar-refractivity contribution is -0.119. The van der Waals surface area contributed by atoms with E-state index in [9.17, 15) is 9.59 Å². The fraction of sp³-hybridized carbons (Fsp3) is 0.400. The number of carbonyl (C=O) groups excluding carboxylic acids is 2. The van der Waals surface area contributed by atoms with Crippen LogP contribution < -0.4 is 26.6 Å². The third-order valence-electron chi connectivity index (χ3n) is 5.30. The zero-order valence-corrected chi connectivity index (χ0v) is 18.0. The van der Waals surface area contributed by atoms with Gasteiger partial charge in [-0.1, -0.05) is 0 Å². The van der Waals surface area contributed by atoms with Crippen LogP contribution in [-0.4, -0.2) is 53.9 Å². The molecule has 0 saturated carbocycles. The molecule has 2 saturated heterocycles. The minimum absolute atomic E-state index is 0.0654. The van der Waals surface area contributed by atoms with Crippen molar-refractivity contribution in [3.63, 3.8) is 0 Å². The van der Waals surface area contributed by atoms with Gasteiger partial charge >= 0.3 is 0 Å². The van der Waals surface area contributed by atoms with E-state index < -0.39 is 5.91 Å². The predicted molar refractivity (Wildman–Crippen MR) is 119 cm³/mol. The van der Waals surface area contributed by atoms with Gasteiger partial charge in [-0.05, 0) is 53.2 Å². The van der Waals surface area contributed by atoms with E-state index in [2.05, 4.69) is 46.7 Å². The zero-order chi connectivity index (χ0) is 21.1.